The average molecular weight is 286 g/mol. The summed E-state index contributed by atoms with van der Waals surface area (Å²) >= 11 is 0. The number of unbranched alkanes of at least 4 members (excludes halogenated alkanes) is 2. The first-order valence-corrected chi connectivity index (χ1v) is 8.37. The van der Waals surface area contributed by atoms with Crippen molar-refractivity contribution in [1.29, 1.82) is 0 Å². The molecule has 1 aliphatic rings. The number of rotatable bonds is 10. The summed E-state index contributed by atoms with van der Waals surface area (Å²) in [5.41, 5.74) is 0. The molecule has 1 fully saturated rings. The van der Waals surface area contributed by atoms with Crippen LogP contribution in [-0.4, -0.2) is 49.7 Å². The van der Waals surface area contributed by atoms with E-state index in [0.29, 0.717) is 12.5 Å². The van der Waals surface area contributed by atoms with Crippen LogP contribution in [0.1, 0.15) is 60.2 Å². The van der Waals surface area contributed by atoms with Crippen LogP contribution >= 0.6 is 0 Å². The minimum atomic E-state index is 0. The van der Waals surface area contributed by atoms with E-state index in [1.54, 1.807) is 0 Å². The lowest BCUT2D eigenvalue weighted by Crippen LogP contribution is -2.36. The molecule has 4 nitrogen and oxygen atoms in total. The van der Waals surface area contributed by atoms with Gasteiger partial charge in [0.15, 0.2) is 0 Å². The molecule has 0 aliphatic carbocycles. The Morgan fingerprint density at radius 2 is 2.00 bits per heavy atom. The maximum atomic E-state index is 11.2. The van der Waals surface area contributed by atoms with Gasteiger partial charge in [0, 0.05) is 34.1 Å². The van der Waals surface area contributed by atoms with Gasteiger partial charge >= 0.3 is 0 Å². The van der Waals surface area contributed by atoms with Crippen LogP contribution in [0.3, 0.4) is 0 Å². The van der Waals surface area contributed by atoms with E-state index in [2.05, 4.69) is 17.1 Å². The lowest BCUT2D eigenvalue weighted by atomic mass is 10.1. The van der Waals surface area contributed by atoms with Crippen molar-refractivity contribution in [1.82, 2.24) is 10.2 Å². The van der Waals surface area contributed by atoms with Gasteiger partial charge in [-0.2, -0.15) is 0 Å². The third kappa shape index (κ3) is 7.85. The number of likely N-dealkylation sites (tertiary alicyclic amines) is 1. The quantitative estimate of drug-likeness (QED) is 0.628. The largest absolute Gasteiger partial charge is 0.378 e. The van der Waals surface area contributed by atoms with Crippen molar-refractivity contribution in [3.63, 3.8) is 0 Å². The molecule has 20 heavy (non-hydrogen) atoms. The van der Waals surface area contributed by atoms with E-state index in [0.717, 1.165) is 45.4 Å². The number of hydrogen-bond acceptors (Lipinski definition) is 3. The third-order valence-electron chi connectivity index (χ3n) is 3.96. The highest BCUT2D eigenvalue weighted by Crippen LogP contribution is 2.13. The lowest BCUT2D eigenvalue weighted by molar-refractivity contribution is -0.121. The van der Waals surface area contributed by atoms with Gasteiger partial charge in [-0.25, -0.2) is 0 Å². The Hall–Kier alpha value is -0.610. The summed E-state index contributed by atoms with van der Waals surface area (Å²) in [6, 6.07) is 0. The SMILES string of the molecule is CCCC(=O)NCCCCCOC1CCN(CC)CC1.[HH]. The Morgan fingerprint density at radius 1 is 1.25 bits per heavy atom. The zero-order chi connectivity index (χ0) is 14.6. The highest BCUT2D eigenvalue weighted by Gasteiger charge is 2.17. The first-order valence-electron chi connectivity index (χ1n) is 8.37. The monoisotopic (exact) mass is 286 g/mol. The molecule has 4 heteroatoms. The van der Waals surface area contributed by atoms with Crippen LogP contribution in [0, 0.1) is 0 Å². The van der Waals surface area contributed by atoms with E-state index in [-0.39, 0.29) is 7.33 Å². The standard InChI is InChI=1S/C16H32N2O2.H2/c1-3-8-16(19)17-11-6-5-7-14-20-15-9-12-18(4-2)13-10-15;/h15H,3-14H2,1-2H3,(H,17,19);1H. The fraction of sp³-hybridized carbons (Fsp3) is 0.938. The van der Waals surface area contributed by atoms with E-state index >= 15 is 0 Å². The molecule has 0 aromatic carbocycles. The van der Waals surface area contributed by atoms with Crippen LogP contribution in [0.25, 0.3) is 0 Å². The van der Waals surface area contributed by atoms with Gasteiger partial charge in [0.05, 0.1) is 6.10 Å². The van der Waals surface area contributed by atoms with Crippen LogP contribution in [0.4, 0.5) is 0 Å². The van der Waals surface area contributed by atoms with Crippen LogP contribution < -0.4 is 5.32 Å². The molecule has 0 aromatic heterocycles. The molecule has 120 valence electrons. The van der Waals surface area contributed by atoms with Crippen molar-refractivity contribution in [2.24, 2.45) is 0 Å². The molecule has 0 bridgehead atoms. The molecule has 0 aromatic rings. The van der Waals surface area contributed by atoms with Crippen molar-refractivity contribution in [2.45, 2.75) is 64.9 Å². The molecular weight excluding hydrogens is 252 g/mol. The zero-order valence-electron chi connectivity index (χ0n) is 13.3. The third-order valence-corrected chi connectivity index (χ3v) is 3.96. The van der Waals surface area contributed by atoms with Crippen molar-refractivity contribution in [2.75, 3.05) is 32.8 Å². The zero-order valence-corrected chi connectivity index (χ0v) is 13.3. The highest BCUT2D eigenvalue weighted by molar-refractivity contribution is 5.75. The highest BCUT2D eigenvalue weighted by atomic mass is 16.5. The molecule has 0 atom stereocenters. The summed E-state index contributed by atoms with van der Waals surface area (Å²) in [5, 5.41) is 2.95. The van der Waals surface area contributed by atoms with Gasteiger partial charge in [-0.15, -0.1) is 0 Å². The molecule has 1 saturated heterocycles. The average Bonchev–Trinajstić information content (AvgIpc) is 2.47. The van der Waals surface area contributed by atoms with E-state index in [9.17, 15) is 4.79 Å². The Labute approximate surface area is 125 Å². The van der Waals surface area contributed by atoms with E-state index in [4.69, 9.17) is 4.74 Å². The second kappa shape index (κ2) is 11.1. The summed E-state index contributed by atoms with van der Waals surface area (Å²) < 4.78 is 5.93. The molecule has 1 rings (SSSR count). The molecule has 1 amide bonds. The van der Waals surface area contributed by atoms with E-state index in [1.807, 2.05) is 6.92 Å². The number of piperidine rings is 1. The molecular formula is C16H34N2O2. The molecule has 0 spiro atoms. The van der Waals surface area contributed by atoms with Gasteiger partial charge in [-0.1, -0.05) is 13.8 Å². The second-order valence-electron chi connectivity index (χ2n) is 5.67. The van der Waals surface area contributed by atoms with E-state index < -0.39 is 0 Å². The molecule has 1 N–H and O–H groups in total. The maximum absolute atomic E-state index is 11.2. The first kappa shape index (κ1) is 17.4. The molecule has 0 unspecified atom stereocenters. The van der Waals surface area contributed by atoms with Crippen LogP contribution in [0.2, 0.25) is 0 Å². The van der Waals surface area contributed by atoms with Gasteiger partial charge in [-0.3, -0.25) is 4.79 Å². The molecule has 0 saturated carbocycles. The van der Waals surface area contributed by atoms with Gasteiger partial charge in [0.25, 0.3) is 0 Å². The number of amides is 1. The Bertz CT molecular complexity index is 257. The maximum Gasteiger partial charge on any atom is 0.219 e. The summed E-state index contributed by atoms with van der Waals surface area (Å²) in [5.74, 6) is 0.187. The minimum absolute atomic E-state index is 0. The number of nitrogens with one attached hydrogen (secondary N) is 1. The fourth-order valence-corrected chi connectivity index (χ4v) is 2.59. The number of hydrogen-bond donors (Lipinski definition) is 1. The van der Waals surface area contributed by atoms with Gasteiger partial charge < -0.3 is 15.0 Å². The van der Waals surface area contributed by atoms with Crippen LogP contribution in [0.15, 0.2) is 0 Å². The van der Waals surface area contributed by atoms with Crippen LogP contribution in [0.5, 0.6) is 0 Å². The fourth-order valence-electron chi connectivity index (χ4n) is 2.59. The minimum Gasteiger partial charge on any atom is -0.378 e. The van der Waals surface area contributed by atoms with Gasteiger partial charge in [0.1, 0.15) is 0 Å². The summed E-state index contributed by atoms with van der Waals surface area (Å²) in [6.07, 6.45) is 7.73. The predicted octanol–water partition coefficient (Wildman–Crippen LogP) is 2.82. The van der Waals surface area contributed by atoms with Crippen molar-refractivity contribution < 1.29 is 11.0 Å². The first-order chi connectivity index (χ1) is 9.76. The Balaban J connectivity index is 0.00000400. The van der Waals surface area contributed by atoms with Crippen molar-refractivity contribution in [3.05, 3.63) is 0 Å². The Morgan fingerprint density at radius 3 is 2.65 bits per heavy atom. The number of ether oxygens (including phenoxy) is 1. The molecule has 1 aliphatic heterocycles. The predicted molar refractivity (Wildman–Crippen MR) is 85.0 cm³/mol. The normalized spacial score (nSPS) is 17.3. The van der Waals surface area contributed by atoms with Gasteiger partial charge in [0.2, 0.25) is 5.91 Å². The summed E-state index contributed by atoms with van der Waals surface area (Å²) in [6.45, 7) is 9.47. The number of carbonyl (C=O) groups is 1. The molecule has 0 radical (unpaired) electrons. The van der Waals surface area contributed by atoms with Crippen molar-refractivity contribution in [3.8, 4) is 0 Å². The van der Waals surface area contributed by atoms with Crippen molar-refractivity contribution >= 4 is 5.91 Å². The Kier molecular flexibility index (Phi) is 9.67. The van der Waals surface area contributed by atoms with Gasteiger partial charge in [-0.05, 0) is 45.1 Å². The topological polar surface area (TPSA) is 41.6 Å². The number of carbonyl (C=O) groups excluding carboxylic acids is 1. The number of nitrogens with zero attached hydrogens (tertiary/aromatic N) is 1. The summed E-state index contributed by atoms with van der Waals surface area (Å²) in [4.78, 5) is 13.7. The second-order valence-corrected chi connectivity index (χ2v) is 5.67. The van der Waals surface area contributed by atoms with Crippen LogP contribution in [-0.2, 0) is 9.53 Å². The summed E-state index contributed by atoms with van der Waals surface area (Å²) in [7, 11) is 0. The van der Waals surface area contributed by atoms with E-state index in [1.165, 1.54) is 25.9 Å². The lowest BCUT2D eigenvalue weighted by Gasteiger charge is -2.30. The molecule has 1 heterocycles. The smallest absolute Gasteiger partial charge is 0.219 e.